The topological polar surface area (TPSA) is 40.6 Å². The molecule has 0 saturated carbocycles. The fraction of sp³-hybridized carbons (Fsp3) is 0.429. The molecule has 1 atom stereocenters. The van der Waals surface area contributed by atoms with Crippen molar-refractivity contribution in [1.82, 2.24) is 9.80 Å². The van der Waals surface area contributed by atoms with Crippen molar-refractivity contribution in [3.63, 3.8) is 0 Å². The van der Waals surface area contributed by atoms with Gasteiger partial charge in [0.15, 0.2) is 0 Å². The molecule has 0 bridgehead atoms. The van der Waals surface area contributed by atoms with Gasteiger partial charge in [-0.25, -0.2) is 4.79 Å². The van der Waals surface area contributed by atoms with Crippen LogP contribution < -0.4 is 0 Å². The van der Waals surface area contributed by atoms with Gasteiger partial charge in [-0.05, 0) is 24.6 Å². The SMILES string of the molecule is CC(=O)CCN1CC(c2ccc(Br)cc2)N(C)C1=O. The summed E-state index contributed by atoms with van der Waals surface area (Å²) in [6, 6.07) is 8.05. The fourth-order valence-electron chi connectivity index (χ4n) is 2.26. The molecule has 1 saturated heterocycles. The molecule has 19 heavy (non-hydrogen) atoms. The first-order valence-electron chi connectivity index (χ1n) is 6.25. The maximum atomic E-state index is 12.1. The predicted molar refractivity (Wildman–Crippen MR) is 76.9 cm³/mol. The van der Waals surface area contributed by atoms with Crippen molar-refractivity contribution in [2.75, 3.05) is 20.1 Å². The van der Waals surface area contributed by atoms with E-state index in [1.165, 1.54) is 0 Å². The number of carbonyl (C=O) groups is 2. The normalized spacial score (nSPS) is 19.1. The fourth-order valence-corrected chi connectivity index (χ4v) is 2.52. The van der Waals surface area contributed by atoms with E-state index in [1.54, 1.807) is 16.7 Å². The third-order valence-electron chi connectivity index (χ3n) is 3.42. The summed E-state index contributed by atoms with van der Waals surface area (Å²) in [6.07, 6.45) is 0.423. The molecule has 0 N–H and O–H groups in total. The Kier molecular flexibility index (Phi) is 4.24. The van der Waals surface area contributed by atoms with Crippen LogP contribution in [0.25, 0.3) is 0 Å². The summed E-state index contributed by atoms with van der Waals surface area (Å²) in [5.74, 6) is 0.113. The first kappa shape index (κ1) is 14.1. The minimum absolute atomic E-state index is 0.00540. The van der Waals surface area contributed by atoms with Crippen molar-refractivity contribution in [2.45, 2.75) is 19.4 Å². The Labute approximate surface area is 121 Å². The average Bonchev–Trinajstić information content (AvgIpc) is 2.65. The lowest BCUT2D eigenvalue weighted by atomic mass is 10.1. The van der Waals surface area contributed by atoms with E-state index in [-0.39, 0.29) is 17.9 Å². The van der Waals surface area contributed by atoms with Gasteiger partial charge in [0.25, 0.3) is 0 Å². The van der Waals surface area contributed by atoms with Gasteiger partial charge in [0, 0.05) is 31.0 Å². The Morgan fingerprint density at radius 1 is 1.37 bits per heavy atom. The highest BCUT2D eigenvalue weighted by atomic mass is 79.9. The molecule has 0 aromatic heterocycles. The summed E-state index contributed by atoms with van der Waals surface area (Å²) in [7, 11) is 1.81. The molecular formula is C14H17BrN2O2. The molecule has 1 aromatic rings. The van der Waals surface area contributed by atoms with Crippen LogP contribution >= 0.6 is 15.9 Å². The molecule has 1 fully saturated rings. The van der Waals surface area contributed by atoms with Gasteiger partial charge in [-0.3, -0.25) is 4.79 Å². The summed E-state index contributed by atoms with van der Waals surface area (Å²) in [5, 5.41) is 0. The van der Waals surface area contributed by atoms with Crippen molar-refractivity contribution in [1.29, 1.82) is 0 Å². The number of Topliss-reactive ketones (excluding diaryl/α,β-unsaturated/α-hetero) is 1. The first-order valence-corrected chi connectivity index (χ1v) is 7.05. The summed E-state index contributed by atoms with van der Waals surface area (Å²) < 4.78 is 1.02. The number of rotatable bonds is 4. The number of nitrogens with zero attached hydrogens (tertiary/aromatic N) is 2. The zero-order valence-electron chi connectivity index (χ0n) is 11.1. The van der Waals surface area contributed by atoms with Gasteiger partial charge in [0.05, 0.1) is 6.04 Å². The third-order valence-corrected chi connectivity index (χ3v) is 3.95. The molecule has 5 heteroatoms. The molecule has 0 aliphatic carbocycles. The van der Waals surface area contributed by atoms with Crippen LogP contribution in [0.15, 0.2) is 28.7 Å². The van der Waals surface area contributed by atoms with Crippen LogP contribution in [0.3, 0.4) is 0 Å². The molecule has 1 unspecified atom stereocenters. The number of urea groups is 1. The molecule has 1 heterocycles. The molecule has 1 aliphatic rings. The van der Waals surface area contributed by atoms with Crippen LogP contribution in [0.2, 0.25) is 0 Å². The van der Waals surface area contributed by atoms with E-state index in [4.69, 9.17) is 0 Å². The summed E-state index contributed by atoms with van der Waals surface area (Å²) in [5.41, 5.74) is 1.12. The Bertz CT molecular complexity index is 487. The van der Waals surface area contributed by atoms with E-state index in [9.17, 15) is 9.59 Å². The van der Waals surface area contributed by atoms with Crippen LogP contribution in [0.5, 0.6) is 0 Å². The molecular weight excluding hydrogens is 308 g/mol. The monoisotopic (exact) mass is 324 g/mol. The molecule has 2 rings (SSSR count). The zero-order valence-corrected chi connectivity index (χ0v) is 12.7. The summed E-state index contributed by atoms with van der Waals surface area (Å²) in [6.45, 7) is 2.70. The van der Waals surface area contributed by atoms with Gasteiger partial charge in [-0.1, -0.05) is 28.1 Å². The number of likely N-dealkylation sites (N-methyl/N-ethyl adjacent to an activating group) is 1. The quantitative estimate of drug-likeness (QED) is 0.854. The van der Waals surface area contributed by atoms with Crippen molar-refractivity contribution in [3.8, 4) is 0 Å². The van der Waals surface area contributed by atoms with Crippen LogP contribution in [-0.4, -0.2) is 41.8 Å². The maximum absolute atomic E-state index is 12.1. The Hall–Kier alpha value is -1.36. The molecule has 0 radical (unpaired) electrons. The van der Waals surface area contributed by atoms with Gasteiger partial charge in [-0.15, -0.1) is 0 Å². The number of hydrogen-bond donors (Lipinski definition) is 0. The number of halogens is 1. The number of benzene rings is 1. The second-order valence-electron chi connectivity index (χ2n) is 4.86. The van der Waals surface area contributed by atoms with Gasteiger partial charge in [0.2, 0.25) is 0 Å². The highest BCUT2D eigenvalue weighted by molar-refractivity contribution is 9.10. The lowest BCUT2D eigenvalue weighted by molar-refractivity contribution is -0.117. The number of hydrogen-bond acceptors (Lipinski definition) is 2. The van der Waals surface area contributed by atoms with E-state index in [0.29, 0.717) is 19.5 Å². The lowest BCUT2D eigenvalue weighted by Crippen LogP contribution is -2.31. The average molecular weight is 325 g/mol. The smallest absolute Gasteiger partial charge is 0.320 e. The Balaban J connectivity index is 2.09. The molecule has 2 amide bonds. The van der Waals surface area contributed by atoms with E-state index in [0.717, 1.165) is 10.0 Å². The van der Waals surface area contributed by atoms with Crippen molar-refractivity contribution >= 4 is 27.7 Å². The third kappa shape index (κ3) is 3.15. The maximum Gasteiger partial charge on any atom is 0.320 e. The second-order valence-corrected chi connectivity index (χ2v) is 5.77. The number of carbonyl (C=O) groups excluding carboxylic acids is 2. The van der Waals surface area contributed by atoms with Crippen molar-refractivity contribution < 1.29 is 9.59 Å². The molecule has 0 spiro atoms. The van der Waals surface area contributed by atoms with Crippen LogP contribution in [0.1, 0.15) is 24.9 Å². The molecule has 4 nitrogen and oxygen atoms in total. The highest BCUT2D eigenvalue weighted by Crippen LogP contribution is 2.28. The number of amides is 2. The highest BCUT2D eigenvalue weighted by Gasteiger charge is 2.35. The summed E-state index contributed by atoms with van der Waals surface area (Å²) >= 11 is 3.41. The van der Waals surface area contributed by atoms with Gasteiger partial charge in [-0.2, -0.15) is 0 Å². The van der Waals surface area contributed by atoms with E-state index in [2.05, 4.69) is 15.9 Å². The van der Waals surface area contributed by atoms with Crippen molar-refractivity contribution in [2.24, 2.45) is 0 Å². The standard InChI is InChI=1S/C14H17BrN2O2/c1-10(18)7-8-17-9-13(16(2)14(17)19)11-3-5-12(15)6-4-11/h3-6,13H,7-9H2,1-2H3. The molecule has 102 valence electrons. The number of ketones is 1. The Morgan fingerprint density at radius 3 is 2.58 bits per heavy atom. The van der Waals surface area contributed by atoms with Gasteiger partial charge in [0.1, 0.15) is 5.78 Å². The Morgan fingerprint density at radius 2 is 2.00 bits per heavy atom. The van der Waals surface area contributed by atoms with Gasteiger partial charge >= 0.3 is 6.03 Å². The van der Waals surface area contributed by atoms with Gasteiger partial charge < -0.3 is 9.80 Å². The van der Waals surface area contributed by atoms with Crippen molar-refractivity contribution in [3.05, 3.63) is 34.3 Å². The lowest BCUT2D eigenvalue weighted by Gasteiger charge is -2.17. The molecule has 1 aromatic carbocycles. The van der Waals surface area contributed by atoms with Crippen LogP contribution in [0.4, 0.5) is 4.79 Å². The minimum atomic E-state index is -0.00540. The van der Waals surface area contributed by atoms with E-state index in [1.807, 2.05) is 31.3 Å². The minimum Gasteiger partial charge on any atom is -0.322 e. The predicted octanol–water partition coefficient (Wildman–Crippen LogP) is 2.84. The largest absolute Gasteiger partial charge is 0.322 e. The van der Waals surface area contributed by atoms with E-state index < -0.39 is 0 Å². The van der Waals surface area contributed by atoms with Crippen LogP contribution in [-0.2, 0) is 4.79 Å². The zero-order chi connectivity index (χ0) is 14.0. The summed E-state index contributed by atoms with van der Waals surface area (Å²) in [4.78, 5) is 26.6. The second kappa shape index (κ2) is 5.74. The van der Waals surface area contributed by atoms with E-state index >= 15 is 0 Å². The first-order chi connectivity index (χ1) is 8.99. The van der Waals surface area contributed by atoms with Crippen LogP contribution in [0, 0.1) is 0 Å². The molecule has 1 aliphatic heterocycles.